The van der Waals surface area contributed by atoms with Crippen LogP contribution >= 0.6 is 0 Å². The Hall–Kier alpha value is -3.20. The summed E-state index contributed by atoms with van der Waals surface area (Å²) in [5, 5.41) is 183. The third kappa shape index (κ3) is 14.8. The van der Waals surface area contributed by atoms with Crippen molar-refractivity contribution in [3.05, 3.63) is 0 Å². The maximum absolute atomic E-state index is 12.6. The van der Waals surface area contributed by atoms with Crippen LogP contribution in [-0.2, 0) is 71.3 Å². The van der Waals surface area contributed by atoms with Crippen molar-refractivity contribution in [2.24, 2.45) is 0 Å². The highest BCUT2D eigenvalue weighted by Crippen LogP contribution is 2.36. The number of carbonyl (C=O) groups is 4. The average molecular weight is 1160 g/mol. The minimum Gasteiger partial charge on any atom is -0.394 e. The monoisotopic (exact) mass is 1150 g/mol. The van der Waals surface area contributed by atoms with Gasteiger partial charge in [-0.1, -0.05) is 0 Å². The molecule has 30 atom stereocenters. The van der Waals surface area contributed by atoms with Gasteiger partial charge >= 0.3 is 0 Å². The third-order valence-electron chi connectivity index (χ3n) is 14.0. The molecule has 0 bridgehead atoms. The number of aliphatic hydroxyl groups excluding tert-OH is 16. The van der Waals surface area contributed by atoms with E-state index in [9.17, 15) is 101 Å². The van der Waals surface area contributed by atoms with Gasteiger partial charge in [-0.25, -0.2) is 0 Å². The number of hydrogen-bond acceptors (Lipinski definition) is 31. The zero-order valence-corrected chi connectivity index (χ0v) is 42.8. The van der Waals surface area contributed by atoms with Gasteiger partial charge in [-0.2, -0.15) is 0 Å². The van der Waals surface area contributed by atoms with Crippen LogP contribution in [0, 0.1) is 0 Å². The van der Waals surface area contributed by atoms with Gasteiger partial charge in [0.2, 0.25) is 23.6 Å². The van der Waals surface area contributed by atoms with Crippen LogP contribution < -0.4 is 21.3 Å². The fourth-order valence-electron chi connectivity index (χ4n) is 10.0. The second-order valence-electron chi connectivity index (χ2n) is 19.7. The molecule has 35 nitrogen and oxygen atoms in total. The highest BCUT2D eigenvalue weighted by Gasteiger charge is 2.57. The van der Waals surface area contributed by atoms with E-state index < -0.39 is 247 Å². The Morgan fingerprint density at radius 1 is 0.329 bits per heavy atom. The Kier molecular flexibility index (Phi) is 23.3. The van der Waals surface area contributed by atoms with Crippen LogP contribution in [0.1, 0.15) is 27.7 Å². The lowest BCUT2D eigenvalue weighted by molar-refractivity contribution is -0.372. The molecule has 79 heavy (non-hydrogen) atoms. The Labute approximate surface area is 448 Å². The van der Waals surface area contributed by atoms with Gasteiger partial charge < -0.3 is 155 Å². The van der Waals surface area contributed by atoms with Gasteiger partial charge in [0.05, 0.1) is 39.6 Å². The number of rotatable bonds is 20. The van der Waals surface area contributed by atoms with Gasteiger partial charge in [-0.05, 0) is 0 Å². The first-order chi connectivity index (χ1) is 37.3. The quantitative estimate of drug-likeness (QED) is 0.0538. The van der Waals surface area contributed by atoms with Crippen LogP contribution in [0.3, 0.4) is 0 Å². The van der Waals surface area contributed by atoms with Crippen molar-refractivity contribution in [2.45, 2.75) is 212 Å². The smallest absolute Gasteiger partial charge is 0.217 e. The molecular formula is C44H74N4O31. The van der Waals surface area contributed by atoms with E-state index in [1.807, 2.05) is 0 Å². The molecule has 456 valence electrons. The summed E-state index contributed by atoms with van der Waals surface area (Å²) in [7, 11) is 0. The molecule has 35 heteroatoms. The van der Waals surface area contributed by atoms with E-state index in [-0.39, 0.29) is 0 Å². The molecule has 0 aromatic carbocycles. The molecular weight excluding hydrogens is 1080 g/mol. The number of amides is 4. The molecule has 6 saturated heterocycles. The largest absolute Gasteiger partial charge is 0.394 e. The van der Waals surface area contributed by atoms with E-state index >= 15 is 0 Å². The maximum atomic E-state index is 12.6. The van der Waals surface area contributed by atoms with Crippen LogP contribution in [0.15, 0.2) is 0 Å². The third-order valence-corrected chi connectivity index (χ3v) is 14.0. The number of ether oxygens (including phenoxy) is 11. The van der Waals surface area contributed by atoms with E-state index in [0.29, 0.717) is 0 Å². The molecule has 6 aliphatic heterocycles. The summed E-state index contributed by atoms with van der Waals surface area (Å²) in [5.74, 6) is -3.12. The summed E-state index contributed by atoms with van der Waals surface area (Å²) in [5.41, 5.74) is 0. The number of aliphatic hydroxyl groups is 16. The number of carbonyl (C=O) groups excluding carboxylic acids is 4. The zero-order valence-electron chi connectivity index (χ0n) is 42.8. The van der Waals surface area contributed by atoms with Crippen molar-refractivity contribution < 1.29 is 153 Å². The summed E-state index contributed by atoms with van der Waals surface area (Å²) in [4.78, 5) is 49.2. The fourth-order valence-corrected chi connectivity index (χ4v) is 10.0. The predicted octanol–water partition coefficient (Wildman–Crippen LogP) is -13.5. The standard InChI is InChI=1S/C44H74N4O31/c1-11(54)45-21-30(63)25(58)15(5-49)71-41(21)78-37-27(60)17(7-51)73-43(33(37)66)76-35-19(9-53)75-40(23(32(35)65)47-13(3)56)69-10-20-29(62)36(24(39(68)70-20)48-14(4)57)77-44-34(67)38(28(61)18(8-52)74-44)79-42-22(46-12(2)55)31(64)26(59)16(6-50)72-42/h15-44,49-53,58-68H,5-10H2,1-4H3,(H,45,54)(H,46,55)(H,47,56)(H,48,57)/t15-,16-,17-,18-,19-,20-,21-,22-,23-,24-,25-,26-,27+,28+,29+,30-,31-,32-,33-,34-,35-,36-,37+,38+,39+,40-,41+,42+,43+,44+/m1/s1. The SMILES string of the molecule is CC(=O)N[C@@H]1[C@@H](O[C@@H]2O[C@H](CO)[C@H](O)[C@H](O[C@@H]3O[C@H](CO)[C@@H](O)[C@H](O)[C@H]3NC(C)=O)[C@H]2O)[C@@H](O)[C@@H](CO[C@@H]2O[C@H](CO)[C@@H](O[C@@H]3O[C@H](CO)[C@H](O)[C@H](O[C@@H]4O[C@H](CO)[C@@H](O)[C@H](O)[C@H]4NC(C)=O)[C@H]3O)[C@H](O)[C@H]2NC(C)=O)O[C@@H]1O. The molecule has 0 unspecified atom stereocenters. The number of nitrogens with one attached hydrogen (secondary N) is 4. The summed E-state index contributed by atoms with van der Waals surface area (Å²) < 4.78 is 63.4. The molecule has 0 spiro atoms. The second-order valence-corrected chi connectivity index (χ2v) is 19.7. The highest BCUT2D eigenvalue weighted by molar-refractivity contribution is 5.74. The van der Waals surface area contributed by atoms with Crippen molar-refractivity contribution in [1.82, 2.24) is 21.3 Å². The van der Waals surface area contributed by atoms with Crippen LogP contribution in [0.25, 0.3) is 0 Å². The molecule has 6 fully saturated rings. The highest BCUT2D eigenvalue weighted by atomic mass is 16.8. The van der Waals surface area contributed by atoms with E-state index in [1.54, 1.807) is 0 Å². The molecule has 0 aliphatic carbocycles. The van der Waals surface area contributed by atoms with Gasteiger partial charge in [-0.15, -0.1) is 0 Å². The van der Waals surface area contributed by atoms with E-state index in [1.165, 1.54) is 0 Å². The van der Waals surface area contributed by atoms with Crippen molar-refractivity contribution in [2.75, 3.05) is 39.6 Å². The minimum absolute atomic E-state index is 0.742. The first-order valence-corrected chi connectivity index (χ1v) is 25.1. The Balaban J connectivity index is 1.19. The molecule has 20 N–H and O–H groups in total. The van der Waals surface area contributed by atoms with Gasteiger partial charge in [0.15, 0.2) is 37.7 Å². The van der Waals surface area contributed by atoms with E-state index in [4.69, 9.17) is 52.1 Å². The van der Waals surface area contributed by atoms with Gasteiger partial charge in [0, 0.05) is 27.7 Å². The van der Waals surface area contributed by atoms with Crippen LogP contribution in [-0.4, -0.2) is 329 Å². The van der Waals surface area contributed by atoms with Crippen molar-refractivity contribution in [1.29, 1.82) is 0 Å². The van der Waals surface area contributed by atoms with Gasteiger partial charge in [0.1, 0.15) is 146 Å². The molecule has 0 saturated carbocycles. The molecule has 0 aromatic heterocycles. The molecule has 6 rings (SSSR count). The summed E-state index contributed by atoms with van der Waals surface area (Å²) >= 11 is 0. The van der Waals surface area contributed by atoms with Crippen LogP contribution in [0.4, 0.5) is 0 Å². The molecule has 4 amide bonds. The second kappa shape index (κ2) is 28.4. The zero-order chi connectivity index (χ0) is 58.5. The Morgan fingerprint density at radius 3 is 1.04 bits per heavy atom. The first-order valence-electron chi connectivity index (χ1n) is 25.1. The lowest BCUT2D eigenvalue weighted by atomic mass is 9.94. The predicted molar refractivity (Wildman–Crippen MR) is 246 cm³/mol. The molecule has 0 aromatic rings. The van der Waals surface area contributed by atoms with E-state index in [2.05, 4.69) is 21.3 Å². The van der Waals surface area contributed by atoms with Crippen LogP contribution in [0.2, 0.25) is 0 Å². The summed E-state index contributed by atoms with van der Waals surface area (Å²) in [6, 6.07) is -6.55. The van der Waals surface area contributed by atoms with Crippen molar-refractivity contribution >= 4 is 23.6 Å². The normalized spacial score (nSPS) is 46.7. The molecule has 6 aliphatic rings. The fraction of sp³-hybridized carbons (Fsp3) is 0.909. The van der Waals surface area contributed by atoms with E-state index in [0.717, 1.165) is 27.7 Å². The lowest BCUT2D eigenvalue weighted by Crippen LogP contribution is -2.70. The first kappa shape index (κ1) is 65.0. The molecule has 0 radical (unpaired) electrons. The minimum atomic E-state index is -2.16. The maximum Gasteiger partial charge on any atom is 0.217 e. The van der Waals surface area contributed by atoms with Crippen molar-refractivity contribution in [3.63, 3.8) is 0 Å². The van der Waals surface area contributed by atoms with Crippen molar-refractivity contribution in [3.8, 4) is 0 Å². The number of hydrogen-bond donors (Lipinski definition) is 20. The van der Waals surface area contributed by atoms with Crippen LogP contribution in [0.5, 0.6) is 0 Å². The Bertz CT molecular complexity index is 1990. The average Bonchev–Trinajstić information content (AvgIpc) is 3.48. The summed E-state index contributed by atoms with van der Waals surface area (Å²) in [6.45, 7) is -1.42. The molecule has 6 heterocycles. The Morgan fingerprint density at radius 2 is 0.646 bits per heavy atom. The van der Waals surface area contributed by atoms with Gasteiger partial charge in [0.25, 0.3) is 0 Å². The summed E-state index contributed by atoms with van der Waals surface area (Å²) in [6.07, 6.45) is -48.3. The van der Waals surface area contributed by atoms with Gasteiger partial charge in [-0.3, -0.25) is 19.2 Å². The lowest BCUT2D eigenvalue weighted by Gasteiger charge is -2.50. The topological polar surface area (TPSA) is 542 Å².